The molecule has 0 aliphatic rings. The number of hydrogen-bond donors (Lipinski definition) is 2. The third-order valence-corrected chi connectivity index (χ3v) is 0.985. The molecule has 0 aromatic heterocycles. The van der Waals surface area contributed by atoms with Gasteiger partial charge in [-0.15, -0.1) is 0 Å². The zero-order valence-corrected chi connectivity index (χ0v) is 5.49. The Morgan fingerprint density at radius 3 is 2.71 bits per heavy atom. The molecule has 0 bridgehead atoms. The minimum Gasteiger partial charge on any atom is -0.367 e. The fourth-order valence-corrected chi connectivity index (χ4v) is 0.224. The number of hydrogen-bond acceptors (Lipinski definition) is 1. The van der Waals surface area contributed by atoms with Crippen molar-refractivity contribution in [2.75, 3.05) is 7.05 Å². The molecule has 0 radical (unpaired) electrons. The van der Waals surface area contributed by atoms with Crippen molar-refractivity contribution >= 4 is 27.0 Å². The Kier molecular flexibility index (Phi) is 3.59. The van der Waals surface area contributed by atoms with Crippen LogP contribution in [0.15, 0.2) is 4.99 Å². The average Bonchev–Trinajstić information content (AvgIpc) is 1.68. The summed E-state index contributed by atoms with van der Waals surface area (Å²) in [5.74, 6) is 0. The van der Waals surface area contributed by atoms with Crippen LogP contribution in [0, 0.1) is 5.41 Å². The largest absolute Gasteiger partial charge is 0.367 e. The van der Waals surface area contributed by atoms with E-state index in [0.717, 1.165) is 6.34 Å². The van der Waals surface area contributed by atoms with E-state index in [4.69, 9.17) is 5.41 Å². The molecule has 0 aliphatic heterocycles. The molecule has 0 spiro atoms. The van der Waals surface area contributed by atoms with Crippen LogP contribution >= 0.6 is 15.9 Å². The first-order chi connectivity index (χ1) is 3.31. The molecule has 3 nitrogen and oxygen atoms in total. The topological polar surface area (TPSA) is 48.2 Å². The Labute approximate surface area is 50.5 Å². The lowest BCUT2D eigenvalue weighted by Crippen LogP contribution is -2.09. The second kappa shape index (κ2) is 3.80. The molecule has 0 aromatic carbocycles. The summed E-state index contributed by atoms with van der Waals surface area (Å²) in [6, 6.07) is 0. The molecular formula is C3H6BrN3. The summed E-state index contributed by atoms with van der Waals surface area (Å²) in [6.45, 7) is 0. The Balaban J connectivity index is 3.49. The molecule has 0 fully saturated rings. The van der Waals surface area contributed by atoms with Crippen molar-refractivity contribution in [2.24, 2.45) is 4.99 Å². The van der Waals surface area contributed by atoms with E-state index in [1.54, 1.807) is 7.05 Å². The Morgan fingerprint density at radius 1 is 2.00 bits per heavy atom. The molecule has 0 aromatic rings. The fourth-order valence-electron chi connectivity index (χ4n) is 0.121. The van der Waals surface area contributed by atoms with Gasteiger partial charge in [-0.2, -0.15) is 0 Å². The van der Waals surface area contributed by atoms with Gasteiger partial charge in [-0.1, -0.05) is 0 Å². The van der Waals surface area contributed by atoms with Crippen molar-refractivity contribution in [3.05, 3.63) is 0 Å². The number of rotatable bonds is 1. The fraction of sp³-hybridized carbons (Fsp3) is 0.333. The highest BCUT2D eigenvalue weighted by Crippen LogP contribution is 1.78. The number of halogens is 1. The van der Waals surface area contributed by atoms with E-state index in [1.807, 2.05) is 0 Å². The first-order valence-electron chi connectivity index (χ1n) is 1.71. The number of nitrogens with zero attached hydrogens (tertiary/aromatic N) is 1. The van der Waals surface area contributed by atoms with Crippen LogP contribution in [0.25, 0.3) is 0 Å². The molecule has 0 amide bonds. The van der Waals surface area contributed by atoms with E-state index >= 15 is 0 Å². The van der Waals surface area contributed by atoms with E-state index < -0.39 is 0 Å². The lowest BCUT2D eigenvalue weighted by molar-refractivity contribution is 1.21. The van der Waals surface area contributed by atoms with Gasteiger partial charge in [-0.3, -0.25) is 5.41 Å². The van der Waals surface area contributed by atoms with E-state index in [-0.39, 0.29) is 0 Å². The van der Waals surface area contributed by atoms with Gasteiger partial charge in [0.25, 0.3) is 0 Å². The predicted molar refractivity (Wildman–Crippen MR) is 34.2 cm³/mol. The van der Waals surface area contributed by atoms with Crippen LogP contribution in [0.2, 0.25) is 0 Å². The van der Waals surface area contributed by atoms with Crippen LogP contribution in [0.1, 0.15) is 0 Å². The van der Waals surface area contributed by atoms with E-state index in [1.165, 1.54) is 0 Å². The highest BCUT2D eigenvalue weighted by molar-refractivity contribution is 9.18. The summed E-state index contributed by atoms with van der Waals surface area (Å²) >= 11 is 3.02. The van der Waals surface area contributed by atoms with Gasteiger partial charge >= 0.3 is 0 Å². The molecule has 0 saturated heterocycles. The monoisotopic (exact) mass is 163 g/mol. The van der Waals surface area contributed by atoms with Crippen LogP contribution < -0.4 is 5.32 Å². The summed E-state index contributed by atoms with van der Waals surface area (Å²) < 4.78 is 0.572. The Morgan fingerprint density at radius 2 is 2.57 bits per heavy atom. The first-order valence-corrected chi connectivity index (χ1v) is 2.50. The van der Waals surface area contributed by atoms with Gasteiger partial charge in [0.2, 0.25) is 0 Å². The van der Waals surface area contributed by atoms with Crippen molar-refractivity contribution < 1.29 is 0 Å². The molecular weight excluding hydrogens is 158 g/mol. The first kappa shape index (κ1) is 6.62. The van der Waals surface area contributed by atoms with Crippen LogP contribution in [-0.2, 0) is 0 Å². The third-order valence-electron chi connectivity index (χ3n) is 0.384. The van der Waals surface area contributed by atoms with Crippen molar-refractivity contribution in [2.45, 2.75) is 0 Å². The summed E-state index contributed by atoms with van der Waals surface area (Å²) in [4.78, 5) is 3.51. The Bertz CT molecular complexity index is 88.2. The van der Waals surface area contributed by atoms with Crippen LogP contribution in [0.5, 0.6) is 0 Å². The second-order valence-electron chi connectivity index (χ2n) is 0.799. The van der Waals surface area contributed by atoms with Gasteiger partial charge in [-0.25, -0.2) is 4.99 Å². The summed E-state index contributed by atoms with van der Waals surface area (Å²) in [6.07, 6.45) is 0.959. The normalized spacial score (nSPS) is 10.9. The molecule has 4 heteroatoms. The minimum absolute atomic E-state index is 0.572. The standard InChI is InChI=1S/C3H6BrN3/c1-6-3(4)7-2-5/h2H,1H3,(H2,5,6,7). The molecule has 0 heterocycles. The van der Waals surface area contributed by atoms with Crippen molar-refractivity contribution in [3.8, 4) is 0 Å². The predicted octanol–water partition coefficient (Wildman–Crippen LogP) is 0.564. The second-order valence-corrected chi connectivity index (χ2v) is 1.55. The molecule has 7 heavy (non-hydrogen) atoms. The molecule has 0 saturated carbocycles. The molecule has 0 rings (SSSR count). The van der Waals surface area contributed by atoms with Crippen molar-refractivity contribution in [3.63, 3.8) is 0 Å². The van der Waals surface area contributed by atoms with E-state index in [2.05, 4.69) is 26.2 Å². The van der Waals surface area contributed by atoms with Gasteiger partial charge in [0.05, 0.1) is 0 Å². The van der Waals surface area contributed by atoms with Gasteiger partial charge < -0.3 is 5.32 Å². The number of aliphatic imine (C=N–C) groups is 1. The average molecular weight is 164 g/mol. The van der Waals surface area contributed by atoms with Crippen LogP contribution in [-0.4, -0.2) is 18.1 Å². The van der Waals surface area contributed by atoms with Gasteiger partial charge in [-0.05, 0) is 15.9 Å². The minimum atomic E-state index is 0.572. The summed E-state index contributed by atoms with van der Waals surface area (Å²) in [5, 5.41) is 9.14. The third kappa shape index (κ3) is 3.45. The van der Waals surface area contributed by atoms with E-state index in [9.17, 15) is 0 Å². The Hall–Kier alpha value is -0.380. The highest BCUT2D eigenvalue weighted by Gasteiger charge is 1.77. The lowest BCUT2D eigenvalue weighted by Gasteiger charge is -1.87. The van der Waals surface area contributed by atoms with E-state index in [0.29, 0.717) is 4.74 Å². The van der Waals surface area contributed by atoms with Crippen LogP contribution in [0.3, 0.4) is 0 Å². The van der Waals surface area contributed by atoms with Crippen LogP contribution in [0.4, 0.5) is 0 Å². The molecule has 0 aliphatic carbocycles. The van der Waals surface area contributed by atoms with Gasteiger partial charge in [0.15, 0.2) is 4.74 Å². The van der Waals surface area contributed by atoms with Crippen molar-refractivity contribution in [1.29, 1.82) is 5.41 Å². The maximum Gasteiger partial charge on any atom is 0.171 e. The zero-order valence-electron chi connectivity index (χ0n) is 3.90. The maximum absolute atomic E-state index is 6.45. The zero-order chi connectivity index (χ0) is 5.70. The van der Waals surface area contributed by atoms with Crippen molar-refractivity contribution in [1.82, 2.24) is 5.32 Å². The molecule has 0 atom stereocenters. The number of amidine groups is 1. The SMILES string of the molecule is CN/C(Br)=N\C=N. The lowest BCUT2D eigenvalue weighted by atomic mass is 11.1. The molecule has 2 N–H and O–H groups in total. The van der Waals surface area contributed by atoms with Gasteiger partial charge in [0.1, 0.15) is 6.34 Å². The molecule has 0 unspecified atom stereocenters. The smallest absolute Gasteiger partial charge is 0.171 e. The summed E-state index contributed by atoms with van der Waals surface area (Å²) in [7, 11) is 1.72. The highest BCUT2D eigenvalue weighted by atomic mass is 79.9. The van der Waals surface area contributed by atoms with Gasteiger partial charge in [0, 0.05) is 7.05 Å². The molecule has 40 valence electrons. The number of nitrogens with one attached hydrogen (secondary N) is 2. The quantitative estimate of drug-likeness (QED) is 0.332. The summed E-state index contributed by atoms with van der Waals surface area (Å²) in [5.41, 5.74) is 0. The maximum atomic E-state index is 6.45.